The lowest BCUT2D eigenvalue weighted by molar-refractivity contribution is 0.101. The lowest BCUT2D eigenvalue weighted by Crippen LogP contribution is -2.34. The van der Waals surface area contributed by atoms with Crippen molar-refractivity contribution in [2.75, 3.05) is 5.43 Å². The maximum Gasteiger partial charge on any atom is 0.281 e. The molecule has 1 aromatic carbocycles. The Balaban J connectivity index is 1.64. The Bertz CT molecular complexity index is 1640. The van der Waals surface area contributed by atoms with Crippen LogP contribution < -0.4 is 16.5 Å². The van der Waals surface area contributed by atoms with Crippen LogP contribution in [0.3, 0.4) is 0 Å². The number of benzene rings is 1. The van der Waals surface area contributed by atoms with Crippen LogP contribution in [0.15, 0.2) is 57.0 Å². The molecule has 160 valence electrons. The van der Waals surface area contributed by atoms with Crippen molar-refractivity contribution in [1.29, 1.82) is 0 Å². The van der Waals surface area contributed by atoms with Gasteiger partial charge in [-0.1, -0.05) is 30.3 Å². The molecule has 1 amide bonds. The number of thiophene rings is 1. The summed E-state index contributed by atoms with van der Waals surface area (Å²) in [6.45, 7) is 3.50. The highest BCUT2D eigenvalue weighted by Gasteiger charge is 2.24. The Morgan fingerprint density at radius 2 is 1.78 bits per heavy atom. The molecule has 9 nitrogen and oxygen atoms in total. The van der Waals surface area contributed by atoms with E-state index in [2.05, 4.69) is 15.4 Å². The first-order valence-electron chi connectivity index (χ1n) is 9.69. The van der Waals surface area contributed by atoms with Crippen molar-refractivity contribution in [1.82, 2.24) is 19.2 Å². The highest BCUT2D eigenvalue weighted by Crippen LogP contribution is 2.35. The highest BCUT2D eigenvalue weighted by molar-refractivity contribution is 7.19. The second-order valence-corrected chi connectivity index (χ2v) is 8.52. The lowest BCUT2D eigenvalue weighted by atomic mass is 10.0. The molecule has 0 aliphatic heterocycles. The minimum Gasteiger partial charge on any atom is -0.442 e. The summed E-state index contributed by atoms with van der Waals surface area (Å²) in [6, 6.07) is 9.55. The first-order valence-corrected chi connectivity index (χ1v) is 10.5. The third-order valence-corrected chi connectivity index (χ3v) is 6.26. The number of furan rings is 1. The molecule has 1 N–H and O–H groups in total. The number of hydrogen-bond donors (Lipinski definition) is 1. The van der Waals surface area contributed by atoms with E-state index in [0.29, 0.717) is 10.2 Å². The summed E-state index contributed by atoms with van der Waals surface area (Å²) < 4.78 is 7.78. The van der Waals surface area contributed by atoms with Crippen molar-refractivity contribution in [2.45, 2.75) is 13.8 Å². The fourth-order valence-corrected chi connectivity index (χ4v) is 4.76. The molecule has 10 heteroatoms. The maximum absolute atomic E-state index is 13.3. The monoisotopic (exact) mass is 447 g/mol. The summed E-state index contributed by atoms with van der Waals surface area (Å²) >= 11 is 1.42. The molecule has 4 aromatic heterocycles. The van der Waals surface area contributed by atoms with Gasteiger partial charge in [-0.15, -0.1) is 11.3 Å². The van der Waals surface area contributed by atoms with Gasteiger partial charge in [0.25, 0.3) is 17.0 Å². The predicted molar refractivity (Wildman–Crippen MR) is 122 cm³/mol. The number of nitrogens with zero attached hydrogens (tertiary/aromatic N) is 4. The summed E-state index contributed by atoms with van der Waals surface area (Å²) in [6.07, 6.45) is 2.59. The van der Waals surface area contributed by atoms with Crippen molar-refractivity contribution in [3.63, 3.8) is 0 Å². The van der Waals surface area contributed by atoms with Crippen molar-refractivity contribution in [2.24, 2.45) is 7.05 Å². The van der Waals surface area contributed by atoms with Gasteiger partial charge in [0.15, 0.2) is 0 Å². The smallest absolute Gasteiger partial charge is 0.281 e. The summed E-state index contributed by atoms with van der Waals surface area (Å²) in [5.74, 6) is -0.436. The number of aromatic nitrogens is 4. The third kappa shape index (κ3) is 2.95. The van der Waals surface area contributed by atoms with E-state index in [-0.39, 0.29) is 22.4 Å². The van der Waals surface area contributed by atoms with Crippen LogP contribution in [-0.4, -0.2) is 25.1 Å². The lowest BCUT2D eigenvalue weighted by Gasteiger charge is -2.08. The fraction of sp³-hybridized carbons (Fsp3) is 0.136. The van der Waals surface area contributed by atoms with E-state index in [1.807, 2.05) is 37.3 Å². The molecule has 0 aliphatic carbocycles. The predicted octanol–water partition coefficient (Wildman–Crippen LogP) is 2.97. The molecule has 0 unspecified atom stereocenters. The second kappa shape index (κ2) is 7.27. The average molecular weight is 447 g/mol. The number of nitrogens with one attached hydrogen (secondary N) is 1. The standard InChI is InChI=1S/C22H17N5O4S/c1-11-14(16-19(31-11)23-9-26(3)21(16)29)18(28)25-27-10-24-20-17(22(27)30)15(12(2)32-20)13-7-5-4-6-8-13/h4-10H,1-3H3,(H,25,28). The van der Waals surface area contributed by atoms with E-state index in [0.717, 1.165) is 20.7 Å². The fourth-order valence-electron chi connectivity index (χ4n) is 3.76. The minimum absolute atomic E-state index is 0.0329. The molecular formula is C22H17N5O4S. The van der Waals surface area contributed by atoms with E-state index in [4.69, 9.17) is 4.42 Å². The van der Waals surface area contributed by atoms with E-state index >= 15 is 0 Å². The second-order valence-electron chi connectivity index (χ2n) is 7.31. The largest absolute Gasteiger partial charge is 0.442 e. The molecule has 0 bridgehead atoms. The number of carbonyl (C=O) groups is 1. The van der Waals surface area contributed by atoms with Crippen LogP contribution in [0.2, 0.25) is 0 Å². The molecule has 5 aromatic rings. The number of fused-ring (bicyclic) bond motifs is 2. The molecule has 4 heterocycles. The zero-order valence-corrected chi connectivity index (χ0v) is 18.2. The first kappa shape index (κ1) is 19.9. The van der Waals surface area contributed by atoms with Gasteiger partial charge < -0.3 is 8.98 Å². The van der Waals surface area contributed by atoms with Crippen LogP contribution in [-0.2, 0) is 7.05 Å². The van der Waals surface area contributed by atoms with Gasteiger partial charge in [0, 0.05) is 17.5 Å². The Morgan fingerprint density at radius 3 is 2.53 bits per heavy atom. The molecule has 0 aliphatic rings. The molecule has 0 fully saturated rings. The van der Waals surface area contributed by atoms with Gasteiger partial charge in [-0.2, -0.15) is 0 Å². The van der Waals surface area contributed by atoms with E-state index in [1.165, 1.54) is 35.6 Å². The van der Waals surface area contributed by atoms with Crippen LogP contribution in [0, 0.1) is 13.8 Å². The van der Waals surface area contributed by atoms with Crippen LogP contribution in [0.1, 0.15) is 21.0 Å². The zero-order chi connectivity index (χ0) is 22.6. The SMILES string of the molecule is Cc1oc2ncn(C)c(=O)c2c1C(=O)Nn1cnc2sc(C)c(-c3ccccc3)c2c1=O. The van der Waals surface area contributed by atoms with E-state index in [9.17, 15) is 14.4 Å². The number of rotatable bonds is 3. The molecule has 5 rings (SSSR count). The molecule has 0 atom stereocenters. The summed E-state index contributed by atoms with van der Waals surface area (Å²) in [4.78, 5) is 48.9. The van der Waals surface area contributed by atoms with E-state index in [1.54, 1.807) is 6.92 Å². The number of hydrogen-bond acceptors (Lipinski definition) is 7. The maximum atomic E-state index is 13.3. The van der Waals surface area contributed by atoms with Crippen LogP contribution in [0.5, 0.6) is 0 Å². The Morgan fingerprint density at radius 1 is 1.03 bits per heavy atom. The quantitative estimate of drug-likeness (QED) is 0.455. The van der Waals surface area contributed by atoms with Gasteiger partial charge in [-0.25, -0.2) is 14.6 Å². The van der Waals surface area contributed by atoms with Crippen molar-refractivity contribution >= 4 is 38.6 Å². The van der Waals surface area contributed by atoms with Crippen molar-refractivity contribution in [3.05, 3.63) is 79.9 Å². The molecule has 0 saturated heterocycles. The van der Waals surface area contributed by atoms with Crippen LogP contribution in [0.4, 0.5) is 0 Å². The Labute approximate surface area is 184 Å². The van der Waals surface area contributed by atoms with Crippen LogP contribution >= 0.6 is 11.3 Å². The third-order valence-electron chi connectivity index (χ3n) is 5.25. The highest BCUT2D eigenvalue weighted by atomic mass is 32.1. The van der Waals surface area contributed by atoms with Crippen LogP contribution in [0.25, 0.3) is 32.4 Å². The van der Waals surface area contributed by atoms with Crippen molar-refractivity contribution in [3.8, 4) is 11.1 Å². The summed E-state index contributed by atoms with van der Waals surface area (Å²) in [5.41, 5.74) is 3.49. The van der Waals surface area contributed by atoms with E-state index < -0.39 is 17.0 Å². The molecule has 0 radical (unpaired) electrons. The molecule has 0 saturated carbocycles. The Hall–Kier alpha value is -4.05. The number of amides is 1. The Kier molecular flexibility index (Phi) is 4.52. The average Bonchev–Trinajstić information content (AvgIpc) is 3.30. The molecule has 32 heavy (non-hydrogen) atoms. The first-order chi connectivity index (χ1) is 15.4. The van der Waals surface area contributed by atoms with Gasteiger partial charge in [0.05, 0.1) is 10.9 Å². The number of carbonyl (C=O) groups excluding carboxylic acids is 1. The van der Waals surface area contributed by atoms with Gasteiger partial charge in [0.2, 0.25) is 5.71 Å². The molecule has 0 spiro atoms. The van der Waals surface area contributed by atoms with Crippen molar-refractivity contribution < 1.29 is 9.21 Å². The topological polar surface area (TPSA) is 112 Å². The zero-order valence-electron chi connectivity index (χ0n) is 17.4. The summed E-state index contributed by atoms with van der Waals surface area (Å²) in [5, 5.41) is 0.483. The van der Waals surface area contributed by atoms with Gasteiger partial charge in [-0.3, -0.25) is 19.8 Å². The van der Waals surface area contributed by atoms with Gasteiger partial charge in [-0.05, 0) is 19.4 Å². The minimum atomic E-state index is -0.664. The van der Waals surface area contributed by atoms with Gasteiger partial charge >= 0.3 is 0 Å². The normalized spacial score (nSPS) is 11.3. The number of aryl methyl sites for hydroxylation is 3. The summed E-state index contributed by atoms with van der Waals surface area (Å²) in [7, 11) is 1.53. The molecular weight excluding hydrogens is 430 g/mol. The van der Waals surface area contributed by atoms with Gasteiger partial charge in [0.1, 0.15) is 28.6 Å².